The SMILES string of the molecule is C[C@H](CC(C)(C)c1ccccc1)NC(=O)N1C[C@H](CO)O[C@H](C)C1. The lowest BCUT2D eigenvalue weighted by molar-refractivity contribution is -0.0835. The Hall–Kier alpha value is -1.59. The molecule has 0 radical (unpaired) electrons. The highest BCUT2D eigenvalue weighted by molar-refractivity contribution is 5.74. The molecule has 0 bridgehead atoms. The Balaban J connectivity index is 1.91. The van der Waals surface area contributed by atoms with Crippen molar-refractivity contribution in [3.05, 3.63) is 35.9 Å². The zero-order valence-corrected chi connectivity index (χ0v) is 15.2. The molecular weight excluding hydrogens is 304 g/mol. The van der Waals surface area contributed by atoms with Crippen molar-refractivity contribution in [1.82, 2.24) is 10.2 Å². The Morgan fingerprint density at radius 2 is 2.04 bits per heavy atom. The van der Waals surface area contributed by atoms with E-state index in [0.29, 0.717) is 13.1 Å². The second-order valence-corrected chi connectivity index (χ2v) is 7.46. The van der Waals surface area contributed by atoms with Gasteiger partial charge in [0.2, 0.25) is 0 Å². The molecule has 5 heteroatoms. The van der Waals surface area contributed by atoms with Gasteiger partial charge in [-0.05, 0) is 31.2 Å². The van der Waals surface area contributed by atoms with Crippen LogP contribution in [0, 0.1) is 0 Å². The maximum atomic E-state index is 12.5. The van der Waals surface area contributed by atoms with Gasteiger partial charge in [-0.1, -0.05) is 44.2 Å². The van der Waals surface area contributed by atoms with Crippen LogP contribution in [0.2, 0.25) is 0 Å². The number of urea groups is 1. The van der Waals surface area contributed by atoms with Crippen LogP contribution < -0.4 is 5.32 Å². The number of carbonyl (C=O) groups excluding carboxylic acids is 1. The van der Waals surface area contributed by atoms with Gasteiger partial charge in [0.1, 0.15) is 0 Å². The van der Waals surface area contributed by atoms with E-state index < -0.39 is 0 Å². The van der Waals surface area contributed by atoms with E-state index in [9.17, 15) is 9.90 Å². The van der Waals surface area contributed by atoms with Crippen molar-refractivity contribution in [3.8, 4) is 0 Å². The molecule has 24 heavy (non-hydrogen) atoms. The number of ether oxygens (including phenoxy) is 1. The van der Waals surface area contributed by atoms with E-state index in [1.807, 2.05) is 32.0 Å². The molecule has 0 aliphatic carbocycles. The summed E-state index contributed by atoms with van der Waals surface area (Å²) >= 11 is 0. The molecule has 3 atom stereocenters. The third-order valence-electron chi connectivity index (χ3n) is 4.56. The van der Waals surface area contributed by atoms with Crippen LogP contribution in [-0.4, -0.2) is 54.0 Å². The quantitative estimate of drug-likeness (QED) is 0.870. The van der Waals surface area contributed by atoms with Crippen LogP contribution in [0.15, 0.2) is 30.3 Å². The minimum absolute atomic E-state index is 0.0140. The Morgan fingerprint density at radius 3 is 2.67 bits per heavy atom. The van der Waals surface area contributed by atoms with Crippen molar-refractivity contribution in [2.75, 3.05) is 19.7 Å². The monoisotopic (exact) mass is 334 g/mol. The van der Waals surface area contributed by atoms with E-state index in [0.717, 1.165) is 6.42 Å². The van der Waals surface area contributed by atoms with Gasteiger partial charge in [0.05, 0.1) is 25.4 Å². The summed E-state index contributed by atoms with van der Waals surface area (Å²) in [6.45, 7) is 9.27. The van der Waals surface area contributed by atoms with Gasteiger partial charge in [-0.15, -0.1) is 0 Å². The molecular formula is C19H30N2O3. The van der Waals surface area contributed by atoms with E-state index in [1.54, 1.807) is 4.90 Å². The number of aliphatic hydroxyl groups excluding tert-OH is 1. The van der Waals surface area contributed by atoms with Gasteiger partial charge in [-0.2, -0.15) is 0 Å². The zero-order chi connectivity index (χ0) is 17.7. The fourth-order valence-electron chi connectivity index (χ4n) is 3.44. The summed E-state index contributed by atoms with van der Waals surface area (Å²) < 4.78 is 5.59. The largest absolute Gasteiger partial charge is 0.394 e. The predicted molar refractivity (Wildman–Crippen MR) is 95.1 cm³/mol. The smallest absolute Gasteiger partial charge is 0.317 e. The van der Waals surface area contributed by atoms with Crippen LogP contribution in [0.5, 0.6) is 0 Å². The molecule has 0 unspecified atom stereocenters. The first-order valence-corrected chi connectivity index (χ1v) is 8.69. The number of morpholine rings is 1. The summed E-state index contributed by atoms with van der Waals surface area (Å²) in [5.74, 6) is 0. The van der Waals surface area contributed by atoms with Crippen LogP contribution in [0.25, 0.3) is 0 Å². The lowest BCUT2D eigenvalue weighted by Gasteiger charge is -2.37. The predicted octanol–water partition coefficient (Wildman–Crippen LogP) is 2.53. The second-order valence-electron chi connectivity index (χ2n) is 7.46. The lowest BCUT2D eigenvalue weighted by Crippen LogP contribution is -2.54. The summed E-state index contributed by atoms with van der Waals surface area (Å²) in [6.07, 6.45) is 0.500. The number of nitrogens with zero attached hydrogens (tertiary/aromatic N) is 1. The molecule has 0 aromatic heterocycles. The van der Waals surface area contributed by atoms with E-state index in [4.69, 9.17) is 4.74 Å². The summed E-state index contributed by atoms with van der Waals surface area (Å²) in [4.78, 5) is 14.3. The molecule has 1 saturated heterocycles. The van der Waals surface area contributed by atoms with E-state index in [2.05, 4.69) is 31.3 Å². The molecule has 2 amide bonds. The van der Waals surface area contributed by atoms with Gasteiger partial charge < -0.3 is 20.1 Å². The number of benzene rings is 1. The zero-order valence-electron chi connectivity index (χ0n) is 15.2. The highest BCUT2D eigenvalue weighted by atomic mass is 16.5. The molecule has 1 aromatic rings. The van der Waals surface area contributed by atoms with Gasteiger partial charge in [0.15, 0.2) is 0 Å². The molecule has 1 aliphatic heterocycles. The Bertz CT molecular complexity index is 533. The molecule has 5 nitrogen and oxygen atoms in total. The van der Waals surface area contributed by atoms with Crippen molar-refractivity contribution in [2.45, 2.75) is 57.8 Å². The first kappa shape index (κ1) is 18.7. The average Bonchev–Trinajstić information content (AvgIpc) is 2.54. The van der Waals surface area contributed by atoms with Crippen LogP contribution in [-0.2, 0) is 10.2 Å². The van der Waals surface area contributed by atoms with Crippen molar-refractivity contribution < 1.29 is 14.6 Å². The second kappa shape index (κ2) is 7.99. The normalized spacial score (nSPS) is 23.0. The topological polar surface area (TPSA) is 61.8 Å². The van der Waals surface area contributed by atoms with E-state index in [-0.39, 0.29) is 36.3 Å². The standard InChI is InChI=1S/C19H30N2O3/c1-14(10-19(3,4)16-8-6-5-7-9-16)20-18(23)21-11-15(2)24-17(12-21)13-22/h5-9,14-15,17,22H,10-13H2,1-4H3,(H,20,23)/t14-,15-,17-/m1/s1. The minimum atomic E-state index is -0.296. The van der Waals surface area contributed by atoms with Crippen LogP contribution in [0.3, 0.4) is 0 Å². The Labute approximate surface area is 145 Å². The Kier molecular flexibility index (Phi) is 6.24. The number of carbonyl (C=O) groups is 1. The molecule has 0 saturated carbocycles. The molecule has 1 aliphatic rings. The van der Waals surface area contributed by atoms with Gasteiger partial charge in [0.25, 0.3) is 0 Å². The summed E-state index contributed by atoms with van der Waals surface area (Å²) in [5, 5.41) is 12.4. The first-order valence-electron chi connectivity index (χ1n) is 8.69. The van der Waals surface area contributed by atoms with E-state index in [1.165, 1.54) is 5.56 Å². The number of rotatable bonds is 5. The third-order valence-corrected chi connectivity index (χ3v) is 4.56. The fourth-order valence-corrected chi connectivity index (χ4v) is 3.44. The van der Waals surface area contributed by atoms with Crippen molar-refractivity contribution in [3.63, 3.8) is 0 Å². The highest BCUT2D eigenvalue weighted by Gasteiger charge is 2.30. The first-order chi connectivity index (χ1) is 11.3. The average molecular weight is 334 g/mol. The van der Waals surface area contributed by atoms with Gasteiger partial charge in [0, 0.05) is 12.6 Å². The van der Waals surface area contributed by atoms with Crippen LogP contribution in [0.4, 0.5) is 4.79 Å². The molecule has 1 heterocycles. The molecule has 2 N–H and O–H groups in total. The highest BCUT2D eigenvalue weighted by Crippen LogP contribution is 2.28. The van der Waals surface area contributed by atoms with Crippen molar-refractivity contribution in [2.24, 2.45) is 0 Å². The van der Waals surface area contributed by atoms with Crippen molar-refractivity contribution in [1.29, 1.82) is 0 Å². The minimum Gasteiger partial charge on any atom is -0.394 e. The summed E-state index contributed by atoms with van der Waals surface area (Å²) in [6, 6.07) is 10.3. The molecule has 2 rings (SSSR count). The lowest BCUT2D eigenvalue weighted by atomic mass is 9.79. The number of nitrogens with one attached hydrogen (secondary N) is 1. The number of hydrogen-bond acceptors (Lipinski definition) is 3. The molecule has 0 spiro atoms. The summed E-state index contributed by atoms with van der Waals surface area (Å²) in [7, 11) is 0. The molecule has 1 fully saturated rings. The number of amides is 2. The van der Waals surface area contributed by atoms with Gasteiger partial charge >= 0.3 is 6.03 Å². The maximum Gasteiger partial charge on any atom is 0.317 e. The van der Waals surface area contributed by atoms with Crippen molar-refractivity contribution >= 4 is 6.03 Å². The van der Waals surface area contributed by atoms with Gasteiger partial charge in [-0.3, -0.25) is 0 Å². The fraction of sp³-hybridized carbons (Fsp3) is 0.632. The molecule has 134 valence electrons. The van der Waals surface area contributed by atoms with Crippen LogP contribution >= 0.6 is 0 Å². The number of hydrogen-bond donors (Lipinski definition) is 2. The summed E-state index contributed by atoms with van der Waals surface area (Å²) in [5.41, 5.74) is 1.26. The molecule has 1 aromatic carbocycles. The van der Waals surface area contributed by atoms with Gasteiger partial charge in [-0.25, -0.2) is 4.79 Å². The van der Waals surface area contributed by atoms with Crippen LogP contribution in [0.1, 0.15) is 39.7 Å². The third kappa shape index (κ3) is 4.95. The van der Waals surface area contributed by atoms with E-state index >= 15 is 0 Å². The number of aliphatic hydroxyl groups is 1. The maximum absolute atomic E-state index is 12.5. The Morgan fingerprint density at radius 1 is 1.38 bits per heavy atom.